The third-order valence-electron chi connectivity index (χ3n) is 6.31. The summed E-state index contributed by atoms with van der Waals surface area (Å²) >= 11 is 0. The summed E-state index contributed by atoms with van der Waals surface area (Å²) in [5.41, 5.74) is -1.88. The van der Waals surface area contributed by atoms with Crippen molar-refractivity contribution < 1.29 is 27.6 Å². The first-order valence-electron chi connectivity index (χ1n) is 11.0. The van der Waals surface area contributed by atoms with Crippen molar-refractivity contribution in [3.05, 3.63) is 47.8 Å². The number of rotatable bonds is 5. The number of piperidine rings is 1. The number of aromatic nitrogens is 2. The van der Waals surface area contributed by atoms with Crippen molar-refractivity contribution in [3.8, 4) is 5.69 Å². The smallest absolute Gasteiger partial charge is 0.356 e. The minimum atomic E-state index is -4.80. The summed E-state index contributed by atoms with van der Waals surface area (Å²) in [4.78, 5) is 38.5. The van der Waals surface area contributed by atoms with Crippen LogP contribution in [0.1, 0.15) is 35.3 Å². The summed E-state index contributed by atoms with van der Waals surface area (Å²) < 4.78 is 41.3. The van der Waals surface area contributed by atoms with Crippen LogP contribution in [0.3, 0.4) is 0 Å². The summed E-state index contributed by atoms with van der Waals surface area (Å²) in [7, 11) is 0. The van der Waals surface area contributed by atoms with Gasteiger partial charge < -0.3 is 20.9 Å². The van der Waals surface area contributed by atoms with Gasteiger partial charge in [0.2, 0.25) is 5.91 Å². The Morgan fingerprint density at radius 1 is 1.06 bits per heavy atom. The molecule has 1 aromatic carbocycles. The zero-order chi connectivity index (χ0) is 24.3. The fraction of sp³-hybridized carbons (Fsp3) is 0.455. The van der Waals surface area contributed by atoms with Crippen LogP contribution >= 0.6 is 0 Å². The number of carbonyl (C=O) groups is 3. The molecule has 182 valence electrons. The van der Waals surface area contributed by atoms with Crippen molar-refractivity contribution in [2.45, 2.75) is 25.4 Å². The second-order valence-corrected chi connectivity index (χ2v) is 8.43. The molecule has 2 aliphatic rings. The van der Waals surface area contributed by atoms with Gasteiger partial charge in [-0.1, -0.05) is 18.2 Å². The number of likely N-dealkylation sites (tertiary alicyclic amines) is 1. The average molecular weight is 478 g/mol. The highest BCUT2D eigenvalue weighted by atomic mass is 19.4. The van der Waals surface area contributed by atoms with E-state index < -0.39 is 23.3 Å². The number of urea groups is 1. The van der Waals surface area contributed by atoms with Gasteiger partial charge in [-0.05, 0) is 31.4 Å². The van der Waals surface area contributed by atoms with Crippen LogP contribution in [0.4, 0.5) is 18.0 Å². The van der Waals surface area contributed by atoms with Crippen molar-refractivity contribution >= 4 is 17.8 Å². The van der Waals surface area contributed by atoms with Gasteiger partial charge in [0, 0.05) is 38.9 Å². The molecule has 3 heterocycles. The SMILES string of the molecule is O=C(NCCNC(=O)N1CCC2(CCNC2=O)CC1)c1cn(-c2ccccc2)nc1C(F)(F)F. The van der Waals surface area contributed by atoms with E-state index in [9.17, 15) is 27.6 Å². The number of hydrogen-bond acceptors (Lipinski definition) is 4. The maximum atomic E-state index is 13.4. The molecule has 1 aromatic heterocycles. The summed E-state index contributed by atoms with van der Waals surface area (Å²) in [5.74, 6) is -0.889. The molecule has 0 saturated carbocycles. The van der Waals surface area contributed by atoms with Gasteiger partial charge in [0.25, 0.3) is 5.91 Å². The zero-order valence-electron chi connectivity index (χ0n) is 18.3. The standard InChI is InChI=1S/C22H25F3N6O3/c23-22(24,25)17-16(14-31(29-17)15-4-2-1-3-5-15)18(32)26-10-11-28-20(34)30-12-7-21(8-13-30)6-9-27-19(21)33/h1-5,14H,6-13H2,(H,26,32)(H,27,33)(H,28,34). The molecule has 3 N–H and O–H groups in total. The highest BCUT2D eigenvalue weighted by Gasteiger charge is 2.45. The number of benzene rings is 1. The molecule has 0 atom stereocenters. The first kappa shape index (κ1) is 23.6. The third-order valence-corrected chi connectivity index (χ3v) is 6.31. The normalized spacial score (nSPS) is 17.5. The van der Waals surface area contributed by atoms with Crippen LogP contribution in [-0.2, 0) is 11.0 Å². The quantitative estimate of drug-likeness (QED) is 0.571. The molecule has 12 heteroatoms. The topological polar surface area (TPSA) is 108 Å². The van der Waals surface area contributed by atoms with Gasteiger partial charge >= 0.3 is 12.2 Å². The molecule has 2 fully saturated rings. The molecule has 4 amide bonds. The molecule has 0 unspecified atom stereocenters. The number of halogens is 3. The Kier molecular flexibility index (Phi) is 6.49. The van der Waals surface area contributed by atoms with Crippen LogP contribution in [0.5, 0.6) is 0 Å². The average Bonchev–Trinajstić information content (AvgIpc) is 3.42. The van der Waals surface area contributed by atoms with Crippen LogP contribution in [0, 0.1) is 5.41 Å². The largest absolute Gasteiger partial charge is 0.435 e. The number of hydrogen-bond donors (Lipinski definition) is 3. The van der Waals surface area contributed by atoms with Gasteiger partial charge in [0.15, 0.2) is 5.69 Å². The van der Waals surface area contributed by atoms with E-state index >= 15 is 0 Å². The first-order chi connectivity index (χ1) is 16.2. The Morgan fingerprint density at radius 3 is 2.35 bits per heavy atom. The minimum Gasteiger partial charge on any atom is -0.356 e. The molecule has 2 saturated heterocycles. The molecule has 0 bridgehead atoms. The van der Waals surface area contributed by atoms with E-state index in [-0.39, 0.29) is 30.4 Å². The summed E-state index contributed by atoms with van der Waals surface area (Å²) in [6.07, 6.45) is -1.81. The molecule has 4 rings (SSSR count). The van der Waals surface area contributed by atoms with Crippen LogP contribution in [0.2, 0.25) is 0 Å². The maximum Gasteiger partial charge on any atom is 0.435 e. The monoisotopic (exact) mass is 478 g/mol. The fourth-order valence-electron chi connectivity index (χ4n) is 4.35. The van der Waals surface area contributed by atoms with Crippen LogP contribution < -0.4 is 16.0 Å². The molecule has 2 aromatic rings. The second-order valence-electron chi connectivity index (χ2n) is 8.43. The predicted molar refractivity (Wildman–Crippen MR) is 115 cm³/mol. The van der Waals surface area contributed by atoms with Gasteiger partial charge in [0.05, 0.1) is 16.7 Å². The van der Waals surface area contributed by atoms with Gasteiger partial charge in [-0.2, -0.15) is 18.3 Å². The molecule has 0 radical (unpaired) electrons. The number of carbonyl (C=O) groups excluding carboxylic acids is 3. The molecule has 34 heavy (non-hydrogen) atoms. The summed E-state index contributed by atoms with van der Waals surface area (Å²) in [5, 5.41) is 11.4. The van der Waals surface area contributed by atoms with Crippen molar-refractivity contribution in [1.82, 2.24) is 30.6 Å². The van der Waals surface area contributed by atoms with E-state index in [4.69, 9.17) is 0 Å². The van der Waals surface area contributed by atoms with Crippen LogP contribution in [0.15, 0.2) is 36.5 Å². The molecule has 0 aliphatic carbocycles. The Balaban J connectivity index is 1.29. The predicted octanol–water partition coefficient (Wildman–Crippen LogP) is 1.93. The van der Waals surface area contributed by atoms with Gasteiger partial charge in [-0.25, -0.2) is 9.48 Å². The van der Waals surface area contributed by atoms with Gasteiger partial charge in [-0.15, -0.1) is 0 Å². The van der Waals surface area contributed by atoms with Gasteiger partial charge in [-0.3, -0.25) is 9.59 Å². The number of nitrogens with one attached hydrogen (secondary N) is 3. The Labute approximate surface area is 193 Å². The van der Waals surface area contributed by atoms with E-state index in [1.165, 1.54) is 0 Å². The highest BCUT2D eigenvalue weighted by molar-refractivity contribution is 5.95. The molecule has 2 aliphatic heterocycles. The van der Waals surface area contributed by atoms with Crippen molar-refractivity contribution in [2.75, 3.05) is 32.7 Å². The van der Waals surface area contributed by atoms with Gasteiger partial charge in [0.1, 0.15) is 0 Å². The van der Waals surface area contributed by atoms with E-state index in [2.05, 4.69) is 21.0 Å². The molecular weight excluding hydrogens is 453 g/mol. The Hall–Kier alpha value is -3.57. The van der Waals surface area contributed by atoms with E-state index in [1.807, 2.05) is 0 Å². The number of nitrogens with zero attached hydrogens (tertiary/aromatic N) is 3. The van der Waals surface area contributed by atoms with Crippen molar-refractivity contribution in [2.24, 2.45) is 5.41 Å². The van der Waals surface area contributed by atoms with E-state index in [0.717, 1.165) is 17.3 Å². The van der Waals surface area contributed by atoms with Crippen LogP contribution in [-0.4, -0.2) is 65.2 Å². The Bertz CT molecular complexity index is 1060. The highest BCUT2D eigenvalue weighted by Crippen LogP contribution is 2.38. The lowest BCUT2D eigenvalue weighted by molar-refractivity contribution is -0.141. The first-order valence-corrected chi connectivity index (χ1v) is 11.0. The number of alkyl halides is 3. The third kappa shape index (κ3) is 4.85. The van der Waals surface area contributed by atoms with Crippen molar-refractivity contribution in [1.29, 1.82) is 0 Å². The maximum absolute atomic E-state index is 13.4. The lowest BCUT2D eigenvalue weighted by atomic mass is 9.77. The fourth-order valence-corrected chi connectivity index (χ4v) is 4.35. The van der Waals surface area contributed by atoms with E-state index in [1.54, 1.807) is 35.2 Å². The van der Waals surface area contributed by atoms with Crippen molar-refractivity contribution in [3.63, 3.8) is 0 Å². The molecular formula is C22H25F3N6O3. The van der Waals surface area contributed by atoms with E-state index in [0.29, 0.717) is 38.2 Å². The molecule has 9 nitrogen and oxygen atoms in total. The zero-order valence-corrected chi connectivity index (χ0v) is 18.3. The number of amides is 4. The summed E-state index contributed by atoms with van der Waals surface area (Å²) in [6, 6.07) is 7.83. The lowest BCUT2D eigenvalue weighted by Crippen LogP contribution is -2.50. The second kappa shape index (κ2) is 9.35. The van der Waals surface area contributed by atoms with Crippen LogP contribution in [0.25, 0.3) is 5.69 Å². The number of para-hydroxylation sites is 1. The molecule has 1 spiro atoms. The summed E-state index contributed by atoms with van der Waals surface area (Å²) in [6.45, 7) is 1.53. The minimum absolute atomic E-state index is 0.0425. The lowest BCUT2D eigenvalue weighted by Gasteiger charge is -2.37. The Morgan fingerprint density at radius 2 is 1.74 bits per heavy atom.